The molecule has 0 radical (unpaired) electrons. The number of Topliss-reactive ketones (excluding diaryl/α,β-unsaturated/α-hetero) is 1. The molecular weight excluding hydrogens is 257 g/mol. The molecule has 0 N–H and O–H groups in total. The van der Waals surface area contributed by atoms with Gasteiger partial charge in [-0.2, -0.15) is 0 Å². The van der Waals surface area contributed by atoms with Crippen LogP contribution < -0.4 is 0 Å². The van der Waals surface area contributed by atoms with Crippen LogP contribution in [0.15, 0.2) is 46.9 Å². The molecule has 0 bridgehead atoms. The Morgan fingerprint density at radius 2 is 2.05 bits per heavy atom. The lowest BCUT2D eigenvalue weighted by molar-refractivity contribution is 0.0982. The molecule has 0 aliphatic heterocycles. The number of fused-ring (bicyclic) bond motifs is 1. The summed E-state index contributed by atoms with van der Waals surface area (Å²) in [5.41, 5.74) is 2.16. The minimum atomic E-state index is -0.508. The van der Waals surface area contributed by atoms with Gasteiger partial charge in [0, 0.05) is 0 Å². The maximum absolute atomic E-state index is 13.7. The van der Waals surface area contributed by atoms with E-state index in [1.165, 1.54) is 12.1 Å². The molecule has 1 heterocycles. The predicted octanol–water partition coefficient (Wildman–Crippen LogP) is 3.70. The van der Waals surface area contributed by atoms with Crippen molar-refractivity contribution in [3.05, 3.63) is 65.3 Å². The zero-order chi connectivity index (χ0) is 14.1. The average Bonchev–Trinajstić information content (AvgIpc) is 2.80. The third-order valence-electron chi connectivity index (χ3n) is 3.07. The molecule has 0 aliphatic rings. The number of benzene rings is 2. The van der Waals surface area contributed by atoms with Crippen LogP contribution in [0.1, 0.15) is 21.8 Å². The molecule has 0 unspecified atom stereocenters. The first-order valence-electron chi connectivity index (χ1n) is 6.27. The van der Waals surface area contributed by atoms with Gasteiger partial charge in [0.25, 0.3) is 0 Å². The Kier molecular flexibility index (Phi) is 3.06. The van der Waals surface area contributed by atoms with Crippen LogP contribution in [0.3, 0.4) is 0 Å². The molecule has 1 aromatic heterocycles. The Hall–Kier alpha value is -2.49. The maximum Gasteiger partial charge on any atom is 0.203 e. The van der Waals surface area contributed by atoms with Gasteiger partial charge in [-0.3, -0.25) is 4.79 Å². The largest absolute Gasteiger partial charge is 0.440 e. The van der Waals surface area contributed by atoms with Crippen molar-refractivity contribution >= 4 is 16.9 Å². The zero-order valence-corrected chi connectivity index (χ0v) is 10.9. The number of oxazole rings is 1. The Labute approximate surface area is 115 Å². The van der Waals surface area contributed by atoms with E-state index in [1.54, 1.807) is 25.1 Å². The molecule has 0 atom stereocenters. The third-order valence-corrected chi connectivity index (χ3v) is 3.07. The lowest BCUT2D eigenvalue weighted by Gasteiger charge is -2.01. The quantitative estimate of drug-likeness (QED) is 0.681. The molecule has 100 valence electrons. The standard InChI is InChI=1S/C16H12FNO2/c1-10-6-7-11(12(17)8-10)14(19)9-16-18-13-4-2-3-5-15(13)20-16/h2-8H,9H2,1H3. The van der Waals surface area contributed by atoms with E-state index < -0.39 is 5.82 Å². The highest BCUT2D eigenvalue weighted by molar-refractivity contribution is 5.97. The van der Waals surface area contributed by atoms with E-state index in [0.717, 1.165) is 5.56 Å². The summed E-state index contributed by atoms with van der Waals surface area (Å²) in [4.78, 5) is 16.3. The molecule has 0 spiro atoms. The minimum Gasteiger partial charge on any atom is -0.440 e. The van der Waals surface area contributed by atoms with Crippen LogP contribution in [-0.2, 0) is 6.42 Å². The van der Waals surface area contributed by atoms with E-state index in [9.17, 15) is 9.18 Å². The molecular formula is C16H12FNO2. The fraction of sp³-hybridized carbons (Fsp3) is 0.125. The Balaban J connectivity index is 1.88. The van der Waals surface area contributed by atoms with E-state index in [-0.39, 0.29) is 17.8 Å². The number of aromatic nitrogens is 1. The van der Waals surface area contributed by atoms with E-state index in [4.69, 9.17) is 4.42 Å². The van der Waals surface area contributed by atoms with Gasteiger partial charge in [0.1, 0.15) is 11.3 Å². The Morgan fingerprint density at radius 1 is 1.25 bits per heavy atom. The van der Waals surface area contributed by atoms with Gasteiger partial charge in [-0.05, 0) is 36.8 Å². The van der Waals surface area contributed by atoms with Gasteiger partial charge in [0.15, 0.2) is 11.4 Å². The number of rotatable bonds is 3. The van der Waals surface area contributed by atoms with Gasteiger partial charge in [0.2, 0.25) is 5.89 Å². The van der Waals surface area contributed by atoms with Crippen molar-refractivity contribution in [1.29, 1.82) is 0 Å². The van der Waals surface area contributed by atoms with Gasteiger partial charge >= 0.3 is 0 Å². The zero-order valence-electron chi connectivity index (χ0n) is 10.9. The number of halogens is 1. The van der Waals surface area contributed by atoms with Crippen molar-refractivity contribution < 1.29 is 13.6 Å². The number of para-hydroxylation sites is 2. The summed E-state index contributed by atoms with van der Waals surface area (Å²) in [6.07, 6.45) is -0.0470. The van der Waals surface area contributed by atoms with Gasteiger partial charge in [-0.1, -0.05) is 18.2 Å². The number of hydrogen-bond acceptors (Lipinski definition) is 3. The number of hydrogen-bond donors (Lipinski definition) is 0. The highest BCUT2D eigenvalue weighted by atomic mass is 19.1. The molecule has 3 rings (SSSR count). The van der Waals surface area contributed by atoms with Crippen molar-refractivity contribution in [3.63, 3.8) is 0 Å². The molecule has 4 heteroatoms. The topological polar surface area (TPSA) is 43.1 Å². The summed E-state index contributed by atoms with van der Waals surface area (Å²) < 4.78 is 19.2. The second-order valence-electron chi connectivity index (χ2n) is 4.66. The fourth-order valence-corrected chi connectivity index (χ4v) is 2.07. The molecule has 20 heavy (non-hydrogen) atoms. The second-order valence-corrected chi connectivity index (χ2v) is 4.66. The summed E-state index contributed by atoms with van der Waals surface area (Å²) in [6, 6.07) is 11.8. The summed E-state index contributed by atoms with van der Waals surface area (Å²) in [5, 5.41) is 0. The van der Waals surface area contributed by atoms with Gasteiger partial charge in [-0.25, -0.2) is 9.37 Å². The van der Waals surface area contributed by atoms with E-state index in [0.29, 0.717) is 17.0 Å². The number of ketones is 1. The molecule has 2 aromatic carbocycles. The van der Waals surface area contributed by atoms with Crippen LogP contribution in [0.2, 0.25) is 0 Å². The normalized spacial score (nSPS) is 10.9. The molecule has 3 aromatic rings. The smallest absolute Gasteiger partial charge is 0.203 e. The van der Waals surface area contributed by atoms with Gasteiger partial charge < -0.3 is 4.42 Å². The van der Waals surface area contributed by atoms with Crippen LogP contribution in [0.25, 0.3) is 11.1 Å². The van der Waals surface area contributed by atoms with Crippen LogP contribution >= 0.6 is 0 Å². The van der Waals surface area contributed by atoms with Crippen molar-refractivity contribution in [1.82, 2.24) is 4.98 Å². The molecule has 0 fully saturated rings. The second kappa shape index (κ2) is 4.89. The van der Waals surface area contributed by atoms with Crippen molar-refractivity contribution in [2.45, 2.75) is 13.3 Å². The first kappa shape index (κ1) is 12.5. The molecule has 0 aliphatic carbocycles. The first-order valence-corrected chi connectivity index (χ1v) is 6.27. The number of carbonyl (C=O) groups is 1. The summed E-state index contributed by atoms with van der Waals surface area (Å²) in [6.45, 7) is 1.78. The van der Waals surface area contributed by atoms with Crippen LogP contribution in [-0.4, -0.2) is 10.8 Å². The highest BCUT2D eigenvalue weighted by Gasteiger charge is 2.15. The van der Waals surface area contributed by atoms with E-state index in [2.05, 4.69) is 4.98 Å². The minimum absolute atomic E-state index is 0.0470. The van der Waals surface area contributed by atoms with Crippen LogP contribution in [0.4, 0.5) is 4.39 Å². The summed E-state index contributed by atoms with van der Waals surface area (Å²) >= 11 is 0. The van der Waals surface area contributed by atoms with Crippen molar-refractivity contribution in [3.8, 4) is 0 Å². The SMILES string of the molecule is Cc1ccc(C(=O)Cc2nc3ccccc3o2)c(F)c1. The average molecular weight is 269 g/mol. The maximum atomic E-state index is 13.7. The van der Waals surface area contributed by atoms with E-state index in [1.807, 2.05) is 12.1 Å². The van der Waals surface area contributed by atoms with Crippen LogP contribution in [0, 0.1) is 12.7 Å². The molecule has 0 amide bonds. The highest BCUT2D eigenvalue weighted by Crippen LogP contribution is 2.17. The van der Waals surface area contributed by atoms with Crippen LogP contribution in [0.5, 0.6) is 0 Å². The number of carbonyl (C=O) groups excluding carboxylic acids is 1. The molecule has 3 nitrogen and oxygen atoms in total. The Morgan fingerprint density at radius 3 is 2.80 bits per heavy atom. The monoisotopic (exact) mass is 269 g/mol. The van der Waals surface area contributed by atoms with Crippen molar-refractivity contribution in [2.24, 2.45) is 0 Å². The summed E-state index contributed by atoms with van der Waals surface area (Å²) in [7, 11) is 0. The summed E-state index contributed by atoms with van der Waals surface area (Å²) in [5.74, 6) is -0.545. The lowest BCUT2D eigenvalue weighted by atomic mass is 10.1. The van der Waals surface area contributed by atoms with E-state index >= 15 is 0 Å². The predicted molar refractivity (Wildman–Crippen MR) is 73.2 cm³/mol. The molecule has 0 saturated heterocycles. The number of nitrogens with zero attached hydrogens (tertiary/aromatic N) is 1. The Bertz CT molecular complexity index is 759. The number of aryl methyl sites for hydroxylation is 1. The molecule has 0 saturated carbocycles. The van der Waals surface area contributed by atoms with Gasteiger partial charge in [-0.15, -0.1) is 0 Å². The van der Waals surface area contributed by atoms with Crippen molar-refractivity contribution in [2.75, 3.05) is 0 Å². The fourth-order valence-electron chi connectivity index (χ4n) is 2.07. The van der Waals surface area contributed by atoms with Gasteiger partial charge in [0.05, 0.1) is 12.0 Å². The third kappa shape index (κ3) is 2.32. The first-order chi connectivity index (χ1) is 9.63. The lowest BCUT2D eigenvalue weighted by Crippen LogP contribution is -2.06.